The minimum Gasteiger partial charge on any atom is -0.339 e. The molecular formula is C17H11Cl4F3N4O3S. The van der Waals surface area contributed by atoms with Gasteiger partial charge in [-0.2, -0.15) is 13.2 Å². The SMILES string of the molecule is O=C(N[C@H](NC(=S)Nc1cc(C(F)(F)F)ccc1Cl)C(Cl)(Cl)Cl)c1cccc([N+](=O)[O-])c1. The summed E-state index contributed by atoms with van der Waals surface area (Å²) in [5, 5.41) is 17.7. The van der Waals surface area contributed by atoms with Crippen molar-refractivity contribution in [1.82, 2.24) is 10.6 Å². The molecule has 32 heavy (non-hydrogen) atoms. The number of amides is 1. The Morgan fingerprint density at radius 2 is 1.75 bits per heavy atom. The second kappa shape index (κ2) is 10.3. The molecule has 2 aromatic carbocycles. The number of alkyl halides is 6. The molecule has 172 valence electrons. The molecule has 0 fully saturated rings. The van der Waals surface area contributed by atoms with Crippen LogP contribution in [0.4, 0.5) is 24.5 Å². The fraction of sp³-hybridized carbons (Fsp3) is 0.176. The van der Waals surface area contributed by atoms with Gasteiger partial charge in [0.15, 0.2) is 5.11 Å². The molecule has 0 spiro atoms. The van der Waals surface area contributed by atoms with Crippen LogP contribution in [0.15, 0.2) is 42.5 Å². The van der Waals surface area contributed by atoms with Gasteiger partial charge in [-0.3, -0.25) is 14.9 Å². The van der Waals surface area contributed by atoms with E-state index in [0.717, 1.165) is 24.3 Å². The first-order valence-electron chi connectivity index (χ1n) is 8.25. The smallest absolute Gasteiger partial charge is 0.339 e. The Morgan fingerprint density at radius 3 is 2.31 bits per heavy atom. The number of hydrogen-bond donors (Lipinski definition) is 3. The van der Waals surface area contributed by atoms with Gasteiger partial charge in [0.1, 0.15) is 6.17 Å². The lowest BCUT2D eigenvalue weighted by molar-refractivity contribution is -0.384. The van der Waals surface area contributed by atoms with Gasteiger partial charge in [-0.05, 0) is 36.5 Å². The summed E-state index contributed by atoms with van der Waals surface area (Å²) >= 11 is 28.5. The van der Waals surface area contributed by atoms with Crippen molar-refractivity contribution in [3.63, 3.8) is 0 Å². The van der Waals surface area contributed by atoms with E-state index in [9.17, 15) is 28.1 Å². The summed E-state index contributed by atoms with van der Waals surface area (Å²) in [6, 6.07) is 7.29. The Morgan fingerprint density at radius 1 is 1.09 bits per heavy atom. The number of nitrogens with zero attached hydrogens (tertiary/aromatic N) is 1. The van der Waals surface area contributed by atoms with Crippen molar-refractivity contribution in [2.24, 2.45) is 0 Å². The van der Waals surface area contributed by atoms with E-state index >= 15 is 0 Å². The van der Waals surface area contributed by atoms with E-state index in [1.807, 2.05) is 0 Å². The molecular weight excluding hydrogens is 539 g/mol. The quantitative estimate of drug-likeness (QED) is 0.146. The highest BCUT2D eigenvalue weighted by Gasteiger charge is 2.35. The van der Waals surface area contributed by atoms with Crippen LogP contribution >= 0.6 is 58.6 Å². The molecule has 0 aliphatic heterocycles. The molecule has 0 unspecified atom stereocenters. The van der Waals surface area contributed by atoms with E-state index in [0.29, 0.717) is 0 Å². The van der Waals surface area contributed by atoms with Gasteiger partial charge in [-0.25, -0.2) is 0 Å². The molecule has 0 saturated carbocycles. The zero-order valence-corrected chi connectivity index (χ0v) is 19.2. The first kappa shape index (κ1) is 26.2. The molecule has 15 heteroatoms. The van der Waals surface area contributed by atoms with Crippen LogP contribution in [0.3, 0.4) is 0 Å². The normalized spacial score (nSPS) is 12.6. The number of nitro groups is 1. The number of thiocarbonyl (C=S) groups is 1. The second-order valence-corrected chi connectivity index (χ2v) is 9.23. The summed E-state index contributed by atoms with van der Waals surface area (Å²) in [4.78, 5) is 22.7. The molecule has 0 heterocycles. The van der Waals surface area contributed by atoms with Crippen LogP contribution in [-0.4, -0.2) is 25.9 Å². The van der Waals surface area contributed by atoms with Gasteiger partial charge in [0, 0.05) is 17.7 Å². The fourth-order valence-electron chi connectivity index (χ4n) is 2.26. The zero-order valence-electron chi connectivity index (χ0n) is 15.3. The van der Waals surface area contributed by atoms with E-state index in [4.69, 9.17) is 58.6 Å². The fourth-order valence-corrected chi connectivity index (χ4v) is 2.98. The molecule has 0 aromatic heterocycles. The lowest BCUT2D eigenvalue weighted by Crippen LogP contribution is -2.56. The van der Waals surface area contributed by atoms with Gasteiger partial charge in [0.25, 0.3) is 11.6 Å². The van der Waals surface area contributed by atoms with Crippen molar-refractivity contribution < 1.29 is 22.9 Å². The molecule has 7 nitrogen and oxygen atoms in total. The van der Waals surface area contributed by atoms with Crippen molar-refractivity contribution >= 4 is 81.0 Å². The molecule has 0 aliphatic rings. The Labute approximate surface area is 204 Å². The van der Waals surface area contributed by atoms with Gasteiger partial charge in [-0.15, -0.1) is 0 Å². The predicted octanol–water partition coefficient (Wildman–Crippen LogP) is 5.68. The molecule has 2 rings (SSSR count). The Bertz CT molecular complexity index is 1050. The number of carbonyl (C=O) groups excluding carboxylic acids is 1. The summed E-state index contributed by atoms with van der Waals surface area (Å²) in [7, 11) is 0. The largest absolute Gasteiger partial charge is 0.416 e. The Hall–Kier alpha value is -2.05. The summed E-state index contributed by atoms with van der Waals surface area (Å²) in [6.07, 6.45) is -6.11. The zero-order chi connectivity index (χ0) is 24.3. The van der Waals surface area contributed by atoms with Gasteiger partial charge >= 0.3 is 6.18 Å². The number of nitrogens with one attached hydrogen (secondary N) is 3. The van der Waals surface area contributed by atoms with Crippen LogP contribution in [0.5, 0.6) is 0 Å². The average molecular weight is 550 g/mol. The summed E-state index contributed by atoms with van der Waals surface area (Å²) in [6.45, 7) is 0. The summed E-state index contributed by atoms with van der Waals surface area (Å²) in [5.41, 5.74) is -1.62. The highest BCUT2D eigenvalue weighted by atomic mass is 35.6. The highest BCUT2D eigenvalue weighted by molar-refractivity contribution is 7.80. The third-order valence-electron chi connectivity index (χ3n) is 3.74. The number of benzene rings is 2. The van der Waals surface area contributed by atoms with Crippen molar-refractivity contribution in [3.8, 4) is 0 Å². The molecule has 2 aromatic rings. The highest BCUT2D eigenvalue weighted by Crippen LogP contribution is 2.34. The number of anilines is 1. The molecule has 3 N–H and O–H groups in total. The van der Waals surface area contributed by atoms with E-state index in [1.165, 1.54) is 18.2 Å². The molecule has 1 atom stereocenters. The van der Waals surface area contributed by atoms with Crippen molar-refractivity contribution in [2.75, 3.05) is 5.32 Å². The van der Waals surface area contributed by atoms with E-state index in [2.05, 4.69) is 16.0 Å². The van der Waals surface area contributed by atoms with Crippen LogP contribution < -0.4 is 16.0 Å². The third-order valence-corrected chi connectivity index (χ3v) is 4.94. The van der Waals surface area contributed by atoms with Gasteiger partial charge in [-0.1, -0.05) is 52.5 Å². The maximum absolute atomic E-state index is 12.9. The maximum Gasteiger partial charge on any atom is 0.416 e. The number of halogens is 7. The van der Waals surface area contributed by atoms with Crippen LogP contribution in [-0.2, 0) is 6.18 Å². The first-order valence-corrected chi connectivity index (χ1v) is 10.2. The minimum absolute atomic E-state index is 0.0757. The van der Waals surface area contributed by atoms with E-state index in [1.54, 1.807) is 0 Å². The van der Waals surface area contributed by atoms with Crippen LogP contribution in [0.2, 0.25) is 5.02 Å². The number of hydrogen-bond acceptors (Lipinski definition) is 4. The molecule has 0 saturated heterocycles. The Balaban J connectivity index is 2.18. The van der Waals surface area contributed by atoms with E-state index < -0.39 is 32.5 Å². The molecule has 0 bridgehead atoms. The summed E-state index contributed by atoms with van der Waals surface area (Å²) < 4.78 is 36.6. The Kier molecular flexibility index (Phi) is 8.40. The number of non-ortho nitro benzene ring substituents is 1. The maximum atomic E-state index is 12.9. The van der Waals surface area contributed by atoms with Gasteiger partial charge < -0.3 is 16.0 Å². The van der Waals surface area contributed by atoms with Gasteiger partial charge in [0.05, 0.1) is 21.2 Å². The molecule has 1 amide bonds. The van der Waals surface area contributed by atoms with Gasteiger partial charge in [0.2, 0.25) is 3.79 Å². The second-order valence-electron chi connectivity index (χ2n) is 6.05. The number of carbonyl (C=O) groups is 1. The number of rotatable bonds is 5. The lowest BCUT2D eigenvalue weighted by Gasteiger charge is -2.28. The lowest BCUT2D eigenvalue weighted by atomic mass is 10.2. The number of nitro benzene ring substituents is 1. The van der Waals surface area contributed by atoms with Crippen LogP contribution in [0.1, 0.15) is 15.9 Å². The summed E-state index contributed by atoms with van der Waals surface area (Å²) in [5.74, 6) is -0.850. The minimum atomic E-state index is -4.62. The van der Waals surface area contributed by atoms with Crippen LogP contribution in [0, 0.1) is 10.1 Å². The topological polar surface area (TPSA) is 96.3 Å². The monoisotopic (exact) mass is 548 g/mol. The van der Waals surface area contributed by atoms with Crippen LogP contribution in [0.25, 0.3) is 0 Å². The first-order chi connectivity index (χ1) is 14.7. The standard InChI is InChI=1S/C17H11Cl4F3N4O3S/c18-11-5-4-9(17(22,23)24)7-12(11)25-15(32)27-14(16(19,20)21)26-13(29)8-2-1-3-10(6-8)28(30)31/h1-7,14H,(H,26,29)(H2,25,27,32)/t14-/m1/s1. The van der Waals surface area contributed by atoms with Crippen molar-refractivity contribution in [3.05, 3.63) is 68.7 Å². The van der Waals surface area contributed by atoms with E-state index in [-0.39, 0.29) is 27.1 Å². The molecule has 0 radical (unpaired) electrons. The van der Waals surface area contributed by atoms with Crippen molar-refractivity contribution in [2.45, 2.75) is 16.1 Å². The predicted molar refractivity (Wildman–Crippen MR) is 120 cm³/mol. The molecule has 0 aliphatic carbocycles. The van der Waals surface area contributed by atoms with Crippen molar-refractivity contribution in [1.29, 1.82) is 0 Å². The average Bonchev–Trinajstić information content (AvgIpc) is 2.67. The third kappa shape index (κ3) is 7.24.